The fraction of sp³-hybridized carbons (Fsp3) is 0.562. The second-order valence-electron chi connectivity index (χ2n) is 5.40. The molecule has 1 aliphatic carbocycles. The molecule has 0 amide bonds. The molecule has 2 rings (SSSR count). The molecule has 0 radical (unpaired) electrons. The van der Waals surface area contributed by atoms with Gasteiger partial charge in [-0.1, -0.05) is 30.3 Å². The normalized spacial score (nSPS) is 22.6. The molecule has 0 bridgehead atoms. The van der Waals surface area contributed by atoms with Gasteiger partial charge in [-0.25, -0.2) is 4.79 Å². The van der Waals surface area contributed by atoms with E-state index in [0.29, 0.717) is 6.04 Å². The van der Waals surface area contributed by atoms with Gasteiger partial charge in [0, 0.05) is 12.6 Å². The topological polar surface area (TPSA) is 38.8 Å². The number of hydrogen-bond donors (Lipinski definition) is 0. The summed E-state index contributed by atoms with van der Waals surface area (Å²) < 4.78 is 9.74. The molecule has 1 aliphatic rings. The van der Waals surface area contributed by atoms with Crippen LogP contribution in [0.2, 0.25) is 0 Å². The van der Waals surface area contributed by atoms with Crippen LogP contribution in [0, 0.1) is 0 Å². The highest BCUT2D eigenvalue weighted by atomic mass is 16.7. The molecular formula is C16H23NO3. The van der Waals surface area contributed by atoms with Crippen molar-refractivity contribution in [1.29, 1.82) is 0 Å². The Bertz CT molecular complexity index is 413. The van der Waals surface area contributed by atoms with Crippen LogP contribution in [0.1, 0.15) is 31.2 Å². The maximum absolute atomic E-state index is 11.1. The Kier molecular flexibility index (Phi) is 5.41. The van der Waals surface area contributed by atoms with Crippen LogP contribution in [0.5, 0.6) is 0 Å². The minimum Gasteiger partial charge on any atom is -0.438 e. The lowest BCUT2D eigenvalue weighted by atomic mass is 9.92. The number of nitrogens with zero attached hydrogens (tertiary/aromatic N) is 1. The van der Waals surface area contributed by atoms with Crippen molar-refractivity contribution in [1.82, 2.24) is 4.90 Å². The van der Waals surface area contributed by atoms with Crippen molar-refractivity contribution >= 4 is 6.16 Å². The lowest BCUT2D eigenvalue weighted by Crippen LogP contribution is -2.37. The van der Waals surface area contributed by atoms with Gasteiger partial charge < -0.3 is 9.47 Å². The highest BCUT2D eigenvalue weighted by Crippen LogP contribution is 2.25. The molecule has 4 heteroatoms. The van der Waals surface area contributed by atoms with E-state index in [2.05, 4.69) is 40.9 Å². The summed E-state index contributed by atoms with van der Waals surface area (Å²) in [6.45, 7) is 0.966. The fourth-order valence-electron chi connectivity index (χ4n) is 2.79. The predicted molar refractivity (Wildman–Crippen MR) is 77.4 cm³/mol. The van der Waals surface area contributed by atoms with E-state index in [1.54, 1.807) is 0 Å². The van der Waals surface area contributed by atoms with E-state index in [4.69, 9.17) is 4.74 Å². The maximum Gasteiger partial charge on any atom is 0.508 e. The average molecular weight is 277 g/mol. The Morgan fingerprint density at radius 2 is 1.85 bits per heavy atom. The van der Waals surface area contributed by atoms with Crippen molar-refractivity contribution in [2.75, 3.05) is 14.2 Å². The first-order valence-electron chi connectivity index (χ1n) is 7.18. The van der Waals surface area contributed by atoms with Crippen molar-refractivity contribution in [3.63, 3.8) is 0 Å². The predicted octanol–water partition coefficient (Wildman–Crippen LogP) is 3.21. The molecule has 1 fully saturated rings. The SMILES string of the molecule is COC(=O)O[C@H]1CC[C@@H](N(C)Cc2ccccc2)CC1. The molecule has 1 saturated carbocycles. The monoisotopic (exact) mass is 277 g/mol. The van der Waals surface area contributed by atoms with Crippen LogP contribution in [0.4, 0.5) is 4.79 Å². The Hall–Kier alpha value is -1.55. The highest BCUT2D eigenvalue weighted by molar-refractivity contribution is 5.59. The minimum atomic E-state index is -0.564. The zero-order valence-corrected chi connectivity index (χ0v) is 12.2. The fourth-order valence-corrected chi connectivity index (χ4v) is 2.79. The Labute approximate surface area is 120 Å². The van der Waals surface area contributed by atoms with Gasteiger partial charge in [0.15, 0.2) is 0 Å². The molecule has 0 aliphatic heterocycles. The highest BCUT2D eigenvalue weighted by Gasteiger charge is 2.26. The van der Waals surface area contributed by atoms with E-state index in [1.165, 1.54) is 12.7 Å². The Morgan fingerprint density at radius 1 is 1.20 bits per heavy atom. The number of ether oxygens (including phenoxy) is 2. The first kappa shape index (κ1) is 14.9. The summed E-state index contributed by atoms with van der Waals surface area (Å²) >= 11 is 0. The zero-order valence-electron chi connectivity index (χ0n) is 12.2. The van der Waals surface area contributed by atoms with Crippen molar-refractivity contribution in [2.24, 2.45) is 0 Å². The number of benzene rings is 1. The molecular weight excluding hydrogens is 254 g/mol. The molecule has 0 spiro atoms. The van der Waals surface area contributed by atoms with Gasteiger partial charge in [0.25, 0.3) is 0 Å². The zero-order chi connectivity index (χ0) is 14.4. The van der Waals surface area contributed by atoms with E-state index < -0.39 is 6.16 Å². The molecule has 0 heterocycles. The summed E-state index contributed by atoms with van der Waals surface area (Å²) in [5, 5.41) is 0. The number of carbonyl (C=O) groups excluding carboxylic acids is 1. The van der Waals surface area contributed by atoms with E-state index in [1.807, 2.05) is 6.07 Å². The van der Waals surface area contributed by atoms with Crippen LogP contribution in [0.25, 0.3) is 0 Å². The summed E-state index contributed by atoms with van der Waals surface area (Å²) in [6.07, 6.45) is 3.41. The van der Waals surface area contributed by atoms with Crippen molar-refractivity contribution < 1.29 is 14.3 Å². The molecule has 0 N–H and O–H groups in total. The molecule has 110 valence electrons. The molecule has 20 heavy (non-hydrogen) atoms. The molecule has 1 aromatic rings. The van der Waals surface area contributed by atoms with E-state index in [0.717, 1.165) is 32.2 Å². The van der Waals surface area contributed by atoms with Gasteiger partial charge in [0.1, 0.15) is 6.10 Å². The molecule has 0 aromatic heterocycles. The van der Waals surface area contributed by atoms with Gasteiger partial charge in [-0.3, -0.25) is 4.90 Å². The van der Waals surface area contributed by atoms with Crippen molar-refractivity contribution in [3.8, 4) is 0 Å². The lowest BCUT2D eigenvalue weighted by molar-refractivity contribution is 0.0110. The third-order valence-corrected chi connectivity index (χ3v) is 3.97. The largest absolute Gasteiger partial charge is 0.508 e. The Morgan fingerprint density at radius 3 is 2.45 bits per heavy atom. The van der Waals surface area contributed by atoms with Crippen LogP contribution >= 0.6 is 0 Å². The van der Waals surface area contributed by atoms with Gasteiger partial charge in [0.2, 0.25) is 0 Å². The number of methoxy groups -OCH3 is 1. The standard InChI is InChI=1S/C16H23NO3/c1-17(12-13-6-4-3-5-7-13)14-8-10-15(11-9-14)20-16(18)19-2/h3-7,14-15H,8-12H2,1-2H3/t14-,15+. The second kappa shape index (κ2) is 7.29. The maximum atomic E-state index is 11.1. The van der Waals surface area contributed by atoms with Gasteiger partial charge >= 0.3 is 6.16 Å². The average Bonchev–Trinajstić information content (AvgIpc) is 2.49. The summed E-state index contributed by atoms with van der Waals surface area (Å²) in [4.78, 5) is 13.5. The minimum absolute atomic E-state index is 0.0174. The van der Waals surface area contributed by atoms with Gasteiger partial charge in [0.05, 0.1) is 7.11 Å². The summed E-state index contributed by atoms with van der Waals surface area (Å²) in [6, 6.07) is 11.1. The third-order valence-electron chi connectivity index (χ3n) is 3.97. The van der Waals surface area contributed by atoms with Crippen molar-refractivity contribution in [2.45, 2.75) is 44.4 Å². The number of carbonyl (C=O) groups is 1. The van der Waals surface area contributed by atoms with Gasteiger partial charge in [-0.2, -0.15) is 0 Å². The smallest absolute Gasteiger partial charge is 0.438 e. The summed E-state index contributed by atoms with van der Waals surface area (Å²) in [5.74, 6) is 0. The van der Waals surface area contributed by atoms with Crippen LogP contribution in [0.3, 0.4) is 0 Å². The van der Waals surface area contributed by atoms with Crippen LogP contribution in [-0.2, 0) is 16.0 Å². The second-order valence-corrected chi connectivity index (χ2v) is 5.40. The molecule has 1 aromatic carbocycles. The molecule has 0 atom stereocenters. The van der Waals surface area contributed by atoms with Gasteiger partial charge in [-0.15, -0.1) is 0 Å². The van der Waals surface area contributed by atoms with Gasteiger partial charge in [-0.05, 0) is 38.3 Å². The summed E-state index contributed by atoms with van der Waals surface area (Å²) in [5.41, 5.74) is 1.34. The molecule has 0 unspecified atom stereocenters. The van der Waals surface area contributed by atoms with Crippen LogP contribution in [-0.4, -0.2) is 37.4 Å². The van der Waals surface area contributed by atoms with E-state index in [-0.39, 0.29) is 6.10 Å². The Balaban J connectivity index is 1.77. The number of hydrogen-bond acceptors (Lipinski definition) is 4. The van der Waals surface area contributed by atoms with Crippen molar-refractivity contribution in [3.05, 3.63) is 35.9 Å². The third kappa shape index (κ3) is 4.23. The summed E-state index contributed by atoms with van der Waals surface area (Å²) in [7, 11) is 3.51. The quantitative estimate of drug-likeness (QED) is 0.792. The van der Waals surface area contributed by atoms with Crippen LogP contribution in [0.15, 0.2) is 30.3 Å². The van der Waals surface area contributed by atoms with E-state index >= 15 is 0 Å². The van der Waals surface area contributed by atoms with Crippen LogP contribution < -0.4 is 0 Å². The number of rotatable bonds is 4. The molecule has 4 nitrogen and oxygen atoms in total. The first-order valence-corrected chi connectivity index (χ1v) is 7.18. The first-order chi connectivity index (χ1) is 9.69. The van der Waals surface area contributed by atoms with E-state index in [9.17, 15) is 4.79 Å². The lowest BCUT2D eigenvalue weighted by Gasteiger charge is -2.34. The molecule has 0 saturated heterocycles.